The number of hydrogen-bond acceptors (Lipinski definition) is 4. The lowest BCUT2D eigenvalue weighted by molar-refractivity contribution is 0.0695. The van der Waals surface area contributed by atoms with Crippen LogP contribution in [0.4, 0.5) is 0 Å². The van der Waals surface area contributed by atoms with Gasteiger partial charge in [0.05, 0.1) is 14.9 Å². The summed E-state index contributed by atoms with van der Waals surface area (Å²) in [5.74, 6) is -1.42. The molecule has 1 heterocycles. The Labute approximate surface area is 131 Å². The molecule has 0 fully saturated rings. The summed E-state index contributed by atoms with van der Waals surface area (Å²) in [6.45, 7) is 1.46. The molecule has 0 saturated heterocycles. The Morgan fingerprint density at radius 1 is 1.24 bits per heavy atom. The number of carboxylic acid groups (broad SMARTS) is 1. The second kappa shape index (κ2) is 5.71. The fourth-order valence-corrected chi connectivity index (χ4v) is 3.39. The molecule has 2 rings (SSSR count). The Hall–Kier alpha value is -1.50. The van der Waals surface area contributed by atoms with E-state index in [-0.39, 0.29) is 32.0 Å². The molecule has 0 atom stereocenters. The Morgan fingerprint density at radius 3 is 2.43 bits per heavy atom. The molecule has 1 aromatic heterocycles. The van der Waals surface area contributed by atoms with Crippen molar-refractivity contribution in [3.8, 4) is 0 Å². The van der Waals surface area contributed by atoms with Crippen molar-refractivity contribution in [3.63, 3.8) is 0 Å². The molecular weight excluding hydrogens is 339 g/mol. The first kappa shape index (κ1) is 15.9. The summed E-state index contributed by atoms with van der Waals surface area (Å²) in [7, 11) is -3.71. The predicted octanol–water partition coefficient (Wildman–Crippen LogP) is 3.57. The van der Waals surface area contributed by atoms with Gasteiger partial charge in [0.1, 0.15) is 22.8 Å². The average Bonchev–Trinajstić information content (AvgIpc) is 2.72. The Kier molecular flexibility index (Phi) is 4.32. The van der Waals surface area contributed by atoms with Crippen LogP contribution < -0.4 is 0 Å². The second-order valence-electron chi connectivity index (χ2n) is 4.32. The molecule has 8 heteroatoms. The summed E-state index contributed by atoms with van der Waals surface area (Å²) < 4.78 is 29.7. The van der Waals surface area contributed by atoms with Gasteiger partial charge < -0.3 is 9.52 Å². The molecule has 0 saturated carbocycles. The number of benzene rings is 1. The van der Waals surface area contributed by atoms with Crippen LogP contribution in [0.25, 0.3) is 0 Å². The van der Waals surface area contributed by atoms with Crippen LogP contribution in [0.2, 0.25) is 10.0 Å². The average molecular weight is 349 g/mol. The van der Waals surface area contributed by atoms with Crippen LogP contribution >= 0.6 is 23.2 Å². The largest absolute Gasteiger partial charge is 0.478 e. The smallest absolute Gasteiger partial charge is 0.339 e. The van der Waals surface area contributed by atoms with Crippen molar-refractivity contribution in [3.05, 3.63) is 51.4 Å². The van der Waals surface area contributed by atoms with E-state index < -0.39 is 21.6 Å². The second-order valence-corrected chi connectivity index (χ2v) is 7.13. The monoisotopic (exact) mass is 348 g/mol. The van der Waals surface area contributed by atoms with Gasteiger partial charge in [0, 0.05) is 0 Å². The Morgan fingerprint density at radius 2 is 1.90 bits per heavy atom. The lowest BCUT2D eigenvalue weighted by atomic mass is 10.2. The van der Waals surface area contributed by atoms with E-state index in [4.69, 9.17) is 32.7 Å². The normalized spacial score (nSPS) is 11.6. The number of hydrogen-bond donors (Lipinski definition) is 1. The molecule has 0 spiro atoms. The van der Waals surface area contributed by atoms with Crippen LogP contribution in [0.5, 0.6) is 0 Å². The molecule has 0 unspecified atom stereocenters. The van der Waals surface area contributed by atoms with Crippen LogP contribution in [0.3, 0.4) is 0 Å². The maximum Gasteiger partial charge on any atom is 0.339 e. The zero-order chi connectivity index (χ0) is 15.8. The number of carboxylic acids is 1. The van der Waals surface area contributed by atoms with Gasteiger partial charge in [-0.15, -0.1) is 0 Å². The third-order valence-corrected chi connectivity index (χ3v) is 5.16. The molecule has 1 aromatic carbocycles. The van der Waals surface area contributed by atoms with Crippen LogP contribution in [0, 0.1) is 6.92 Å². The maximum atomic E-state index is 12.2. The molecule has 0 radical (unpaired) electrons. The van der Waals surface area contributed by atoms with Crippen molar-refractivity contribution in [2.24, 2.45) is 0 Å². The molecule has 0 aliphatic carbocycles. The third kappa shape index (κ3) is 3.40. The van der Waals surface area contributed by atoms with Crippen LogP contribution in [0.15, 0.2) is 33.6 Å². The quantitative estimate of drug-likeness (QED) is 0.912. The van der Waals surface area contributed by atoms with E-state index in [1.165, 1.54) is 31.2 Å². The van der Waals surface area contributed by atoms with Crippen molar-refractivity contribution in [2.45, 2.75) is 17.6 Å². The summed E-state index contributed by atoms with van der Waals surface area (Å²) in [6, 6.07) is 5.16. The van der Waals surface area contributed by atoms with Gasteiger partial charge in [-0.1, -0.05) is 23.2 Å². The number of rotatable bonds is 4. The first-order valence-corrected chi connectivity index (χ1v) is 8.12. The highest BCUT2D eigenvalue weighted by Crippen LogP contribution is 2.27. The minimum atomic E-state index is -3.71. The van der Waals surface area contributed by atoms with Gasteiger partial charge in [-0.05, 0) is 31.2 Å². The van der Waals surface area contributed by atoms with Gasteiger partial charge in [-0.3, -0.25) is 0 Å². The number of sulfone groups is 1. The summed E-state index contributed by atoms with van der Waals surface area (Å²) in [4.78, 5) is 10.9. The summed E-state index contributed by atoms with van der Waals surface area (Å²) >= 11 is 11.5. The zero-order valence-corrected chi connectivity index (χ0v) is 13.1. The first-order chi connectivity index (χ1) is 9.70. The van der Waals surface area contributed by atoms with Gasteiger partial charge >= 0.3 is 5.97 Å². The number of aryl methyl sites for hydroxylation is 1. The predicted molar refractivity (Wildman–Crippen MR) is 77.8 cm³/mol. The van der Waals surface area contributed by atoms with Gasteiger partial charge in [-0.2, -0.15) is 0 Å². The summed E-state index contributed by atoms with van der Waals surface area (Å²) in [6.07, 6.45) is 0. The number of furan rings is 1. The van der Waals surface area contributed by atoms with Crippen LogP contribution in [-0.4, -0.2) is 19.5 Å². The van der Waals surface area contributed by atoms with Crippen LogP contribution in [-0.2, 0) is 15.6 Å². The number of carbonyl (C=O) groups is 1. The molecule has 112 valence electrons. The fraction of sp³-hybridized carbons (Fsp3) is 0.154. The van der Waals surface area contributed by atoms with Gasteiger partial charge in [-0.25, -0.2) is 13.2 Å². The fourth-order valence-electron chi connectivity index (χ4n) is 1.77. The van der Waals surface area contributed by atoms with Gasteiger partial charge in [0.25, 0.3) is 0 Å². The summed E-state index contributed by atoms with van der Waals surface area (Å²) in [5.41, 5.74) is -0.0608. The molecular formula is C13H10Cl2O5S. The van der Waals surface area contributed by atoms with Crippen molar-refractivity contribution < 1.29 is 22.7 Å². The number of aromatic carboxylic acids is 1. The molecule has 1 N–H and O–H groups in total. The minimum Gasteiger partial charge on any atom is -0.478 e. The lowest BCUT2D eigenvalue weighted by Gasteiger charge is -2.04. The Bertz CT molecular complexity index is 808. The van der Waals surface area contributed by atoms with E-state index >= 15 is 0 Å². The minimum absolute atomic E-state index is 0.0113. The zero-order valence-electron chi connectivity index (χ0n) is 10.8. The van der Waals surface area contributed by atoms with Crippen molar-refractivity contribution >= 4 is 39.0 Å². The van der Waals surface area contributed by atoms with E-state index in [0.717, 1.165) is 0 Å². The van der Waals surface area contributed by atoms with E-state index in [0.29, 0.717) is 0 Å². The third-order valence-electron chi connectivity index (χ3n) is 2.78. The van der Waals surface area contributed by atoms with E-state index in [1.807, 2.05) is 0 Å². The first-order valence-electron chi connectivity index (χ1n) is 5.71. The van der Waals surface area contributed by atoms with E-state index in [9.17, 15) is 13.2 Å². The Balaban J connectivity index is 2.35. The van der Waals surface area contributed by atoms with Crippen molar-refractivity contribution in [1.29, 1.82) is 0 Å². The molecule has 0 bridgehead atoms. The van der Waals surface area contributed by atoms with Gasteiger partial charge in [0.15, 0.2) is 9.84 Å². The number of halogens is 2. The highest BCUT2D eigenvalue weighted by Gasteiger charge is 2.21. The molecule has 0 amide bonds. The molecule has 0 aliphatic rings. The topological polar surface area (TPSA) is 84.6 Å². The molecule has 2 aromatic rings. The van der Waals surface area contributed by atoms with E-state index in [2.05, 4.69) is 0 Å². The van der Waals surface area contributed by atoms with Crippen LogP contribution in [0.1, 0.15) is 21.9 Å². The molecule has 21 heavy (non-hydrogen) atoms. The summed E-state index contributed by atoms with van der Waals surface area (Å²) in [5, 5.41) is 9.29. The van der Waals surface area contributed by atoms with Crippen molar-refractivity contribution in [1.82, 2.24) is 0 Å². The highest BCUT2D eigenvalue weighted by molar-refractivity contribution is 7.90. The maximum absolute atomic E-state index is 12.2. The highest BCUT2D eigenvalue weighted by atomic mass is 35.5. The molecule has 5 nitrogen and oxygen atoms in total. The SMILES string of the molecule is Cc1oc(CS(=O)(=O)c2ccc(Cl)c(Cl)c2)cc1C(=O)O. The standard InChI is InChI=1S/C13H10Cl2O5S/c1-7-10(13(16)17)4-8(20-7)6-21(18,19)9-2-3-11(14)12(15)5-9/h2-5H,6H2,1H3,(H,16,17). The van der Waals surface area contributed by atoms with Gasteiger partial charge in [0.2, 0.25) is 0 Å². The van der Waals surface area contributed by atoms with E-state index in [1.54, 1.807) is 0 Å². The lowest BCUT2D eigenvalue weighted by Crippen LogP contribution is -2.04. The van der Waals surface area contributed by atoms with Crippen molar-refractivity contribution in [2.75, 3.05) is 0 Å². The molecule has 0 aliphatic heterocycles.